The minimum absolute atomic E-state index is 0.151. The first kappa shape index (κ1) is 20.8. The molecular weight excluding hydrogens is 402 g/mol. The highest BCUT2D eigenvalue weighted by Crippen LogP contribution is 2.35. The van der Waals surface area contributed by atoms with Crippen LogP contribution in [0.1, 0.15) is 42.2 Å². The minimum Gasteiger partial charge on any atom is -0.494 e. The molecule has 0 atom stereocenters. The molecule has 3 aromatic rings. The average Bonchev–Trinajstić information content (AvgIpc) is 3.17. The Labute approximate surface area is 188 Å². The lowest BCUT2D eigenvalue weighted by Gasteiger charge is -2.25. The van der Waals surface area contributed by atoms with Gasteiger partial charge in [-0.25, -0.2) is 0 Å². The van der Waals surface area contributed by atoms with E-state index in [1.165, 1.54) is 10.9 Å². The van der Waals surface area contributed by atoms with E-state index >= 15 is 0 Å². The van der Waals surface area contributed by atoms with E-state index < -0.39 is 0 Å². The topological polar surface area (TPSA) is 51.9 Å². The van der Waals surface area contributed by atoms with Crippen LogP contribution in [-0.2, 0) is 24.2 Å². The van der Waals surface area contributed by atoms with Crippen molar-refractivity contribution in [2.24, 2.45) is 0 Å². The largest absolute Gasteiger partial charge is 0.494 e. The number of benzene rings is 2. The van der Waals surface area contributed by atoms with Gasteiger partial charge in [0, 0.05) is 23.9 Å². The van der Waals surface area contributed by atoms with Crippen LogP contribution < -0.4 is 9.47 Å². The number of carbonyl (C=O) groups is 1. The fourth-order valence-electron chi connectivity index (χ4n) is 4.65. The van der Waals surface area contributed by atoms with Gasteiger partial charge < -0.3 is 13.9 Å². The fraction of sp³-hybridized carbons (Fsp3) is 0.370. The van der Waals surface area contributed by atoms with Crippen LogP contribution in [-0.4, -0.2) is 37.0 Å². The summed E-state index contributed by atoms with van der Waals surface area (Å²) in [6.45, 7) is 6.25. The SMILES string of the molecule is CCOc1cccc2c3c(oc12)CN(CCCCOc1ccc2c(c1)CC(=O)C=C2)CC3. The zero-order valence-electron chi connectivity index (χ0n) is 18.6. The maximum Gasteiger partial charge on any atom is 0.176 e. The average molecular weight is 432 g/mol. The zero-order valence-corrected chi connectivity index (χ0v) is 18.6. The highest BCUT2D eigenvalue weighted by molar-refractivity contribution is 5.98. The molecule has 5 rings (SSSR count). The van der Waals surface area contributed by atoms with Gasteiger partial charge in [-0.3, -0.25) is 9.69 Å². The smallest absolute Gasteiger partial charge is 0.176 e. The van der Waals surface area contributed by atoms with E-state index in [0.717, 1.165) is 72.9 Å². The number of ketones is 1. The minimum atomic E-state index is 0.151. The van der Waals surface area contributed by atoms with Crippen molar-refractivity contribution in [2.45, 2.75) is 39.2 Å². The van der Waals surface area contributed by atoms with Gasteiger partial charge in [0.15, 0.2) is 17.1 Å². The molecule has 1 aliphatic heterocycles. The van der Waals surface area contributed by atoms with Crippen LogP contribution in [0.2, 0.25) is 0 Å². The molecule has 0 saturated carbocycles. The molecule has 2 aromatic carbocycles. The molecule has 0 bridgehead atoms. The van der Waals surface area contributed by atoms with Crippen LogP contribution in [0.15, 0.2) is 46.9 Å². The van der Waals surface area contributed by atoms with Crippen LogP contribution in [0.5, 0.6) is 11.5 Å². The van der Waals surface area contributed by atoms with Crippen LogP contribution in [0.25, 0.3) is 17.0 Å². The molecule has 32 heavy (non-hydrogen) atoms. The van der Waals surface area contributed by atoms with Crippen molar-refractivity contribution < 1.29 is 18.7 Å². The van der Waals surface area contributed by atoms with Crippen molar-refractivity contribution in [3.8, 4) is 11.5 Å². The molecule has 0 radical (unpaired) electrons. The molecule has 5 heteroatoms. The summed E-state index contributed by atoms with van der Waals surface area (Å²) in [6, 6.07) is 12.2. The van der Waals surface area contributed by atoms with E-state index in [1.54, 1.807) is 6.08 Å². The highest BCUT2D eigenvalue weighted by Gasteiger charge is 2.23. The fourth-order valence-corrected chi connectivity index (χ4v) is 4.65. The third kappa shape index (κ3) is 4.30. The summed E-state index contributed by atoms with van der Waals surface area (Å²) in [6.07, 6.45) is 7.08. The van der Waals surface area contributed by atoms with Crippen molar-refractivity contribution in [1.29, 1.82) is 0 Å². The molecule has 5 nitrogen and oxygen atoms in total. The normalized spacial score (nSPS) is 15.6. The summed E-state index contributed by atoms with van der Waals surface area (Å²) in [5.74, 6) is 2.91. The maximum atomic E-state index is 11.6. The third-order valence-electron chi connectivity index (χ3n) is 6.28. The van der Waals surface area contributed by atoms with Crippen molar-refractivity contribution in [2.75, 3.05) is 26.3 Å². The summed E-state index contributed by atoms with van der Waals surface area (Å²) in [5, 5.41) is 1.20. The van der Waals surface area contributed by atoms with Gasteiger partial charge >= 0.3 is 0 Å². The molecular formula is C27H29NO4. The van der Waals surface area contributed by atoms with E-state index in [9.17, 15) is 4.79 Å². The second-order valence-electron chi connectivity index (χ2n) is 8.49. The predicted molar refractivity (Wildman–Crippen MR) is 125 cm³/mol. The van der Waals surface area contributed by atoms with Crippen molar-refractivity contribution in [3.63, 3.8) is 0 Å². The number of nitrogens with zero attached hydrogens (tertiary/aromatic N) is 1. The third-order valence-corrected chi connectivity index (χ3v) is 6.28. The van der Waals surface area contributed by atoms with E-state index in [4.69, 9.17) is 13.9 Å². The molecule has 0 amide bonds. The molecule has 0 saturated heterocycles. The summed E-state index contributed by atoms with van der Waals surface area (Å²) in [7, 11) is 0. The van der Waals surface area contributed by atoms with Crippen LogP contribution >= 0.6 is 0 Å². The number of unbranched alkanes of at least 4 members (excludes halogenated alkanes) is 1. The van der Waals surface area contributed by atoms with Gasteiger partial charge in [0.05, 0.1) is 19.8 Å². The summed E-state index contributed by atoms with van der Waals surface area (Å²) in [5.41, 5.74) is 4.39. The number of fused-ring (bicyclic) bond motifs is 4. The van der Waals surface area contributed by atoms with Crippen LogP contribution in [0, 0.1) is 0 Å². The first-order valence-electron chi connectivity index (χ1n) is 11.6. The Bertz CT molecular complexity index is 1160. The number of ether oxygens (including phenoxy) is 2. The summed E-state index contributed by atoms with van der Waals surface area (Å²) >= 11 is 0. The summed E-state index contributed by atoms with van der Waals surface area (Å²) in [4.78, 5) is 14.1. The number of hydrogen-bond donors (Lipinski definition) is 0. The Morgan fingerprint density at radius 2 is 2.03 bits per heavy atom. The summed E-state index contributed by atoms with van der Waals surface area (Å²) < 4.78 is 17.9. The Balaban J connectivity index is 1.11. The van der Waals surface area contributed by atoms with Gasteiger partial charge in [0.25, 0.3) is 0 Å². The molecule has 0 unspecified atom stereocenters. The van der Waals surface area contributed by atoms with Gasteiger partial charge in [0.2, 0.25) is 0 Å². The molecule has 2 heterocycles. The Kier molecular flexibility index (Phi) is 5.99. The second-order valence-corrected chi connectivity index (χ2v) is 8.49. The van der Waals surface area contributed by atoms with E-state index in [1.807, 2.05) is 43.3 Å². The molecule has 166 valence electrons. The Morgan fingerprint density at radius 3 is 2.94 bits per heavy atom. The van der Waals surface area contributed by atoms with Crippen LogP contribution in [0.3, 0.4) is 0 Å². The zero-order chi connectivity index (χ0) is 21.9. The second kappa shape index (κ2) is 9.21. The molecule has 1 aliphatic carbocycles. The lowest BCUT2D eigenvalue weighted by Crippen LogP contribution is -2.30. The van der Waals surface area contributed by atoms with Gasteiger partial charge in [-0.1, -0.05) is 24.3 Å². The van der Waals surface area contributed by atoms with Crippen molar-refractivity contribution >= 4 is 22.8 Å². The standard InChI is InChI=1S/C27H29NO4/c1-2-30-25-7-5-6-24-23-12-14-28(18-26(23)32-27(24)25)13-3-4-15-31-22-11-9-19-8-10-21(29)16-20(19)17-22/h5-11,17H,2-4,12-16,18H2,1H3. The van der Waals surface area contributed by atoms with Crippen molar-refractivity contribution in [1.82, 2.24) is 4.90 Å². The number of carbonyl (C=O) groups excluding carboxylic acids is 1. The number of furan rings is 1. The number of rotatable bonds is 8. The highest BCUT2D eigenvalue weighted by atomic mass is 16.5. The van der Waals surface area contributed by atoms with E-state index in [-0.39, 0.29) is 5.78 Å². The van der Waals surface area contributed by atoms with Gasteiger partial charge in [-0.05, 0) is 68.1 Å². The van der Waals surface area contributed by atoms with Gasteiger partial charge in [0.1, 0.15) is 11.5 Å². The van der Waals surface area contributed by atoms with E-state index in [2.05, 4.69) is 11.0 Å². The lowest BCUT2D eigenvalue weighted by molar-refractivity contribution is -0.114. The first-order chi connectivity index (χ1) is 15.7. The molecule has 1 aromatic heterocycles. The van der Waals surface area contributed by atoms with Crippen molar-refractivity contribution in [3.05, 3.63) is 64.9 Å². The maximum absolute atomic E-state index is 11.6. The quantitative estimate of drug-likeness (QED) is 0.460. The first-order valence-corrected chi connectivity index (χ1v) is 11.6. The molecule has 0 spiro atoms. The van der Waals surface area contributed by atoms with Crippen LogP contribution in [0.4, 0.5) is 0 Å². The predicted octanol–water partition coefficient (Wildman–Crippen LogP) is 5.19. The van der Waals surface area contributed by atoms with Gasteiger partial charge in [-0.15, -0.1) is 0 Å². The lowest BCUT2D eigenvalue weighted by atomic mass is 9.96. The monoisotopic (exact) mass is 431 g/mol. The number of allylic oxidation sites excluding steroid dienone is 1. The molecule has 0 N–H and O–H groups in total. The van der Waals surface area contributed by atoms with E-state index in [0.29, 0.717) is 19.6 Å². The van der Waals surface area contributed by atoms with Gasteiger partial charge in [-0.2, -0.15) is 0 Å². The molecule has 0 fully saturated rings. The Hall–Kier alpha value is -3.05. The number of hydrogen-bond acceptors (Lipinski definition) is 5. The molecule has 2 aliphatic rings. The Morgan fingerprint density at radius 1 is 1.09 bits per heavy atom. The number of para-hydroxylation sites is 1.